The zero-order valence-corrected chi connectivity index (χ0v) is 7.00. The Balaban J connectivity index is 2.93. The molecule has 0 aliphatic heterocycles. The van der Waals surface area contributed by atoms with Gasteiger partial charge in [-0.2, -0.15) is 5.10 Å². The van der Waals surface area contributed by atoms with Crippen molar-refractivity contribution in [2.45, 2.75) is 6.92 Å². The quantitative estimate of drug-likeness (QED) is 0.582. The molecule has 0 spiro atoms. The lowest BCUT2D eigenvalue weighted by molar-refractivity contribution is 0.632. The van der Waals surface area contributed by atoms with Crippen molar-refractivity contribution in [2.24, 2.45) is 7.05 Å². The molecule has 2 nitrogen and oxygen atoms in total. The van der Waals surface area contributed by atoms with Crippen LogP contribution in [0, 0.1) is 12.7 Å². The van der Waals surface area contributed by atoms with E-state index < -0.39 is 0 Å². The minimum Gasteiger partial charge on any atom is -0.274 e. The summed E-state index contributed by atoms with van der Waals surface area (Å²) < 4.78 is 14.7. The minimum atomic E-state index is -0.254. The summed E-state index contributed by atoms with van der Waals surface area (Å²) in [6, 6.07) is 3.21. The van der Waals surface area contributed by atoms with E-state index in [0.29, 0.717) is 5.52 Å². The average Bonchev–Trinajstić information content (AvgIpc) is 2.41. The fourth-order valence-corrected chi connectivity index (χ4v) is 1.32. The van der Waals surface area contributed by atoms with Crippen molar-refractivity contribution in [3.05, 3.63) is 29.7 Å². The fourth-order valence-electron chi connectivity index (χ4n) is 1.32. The second-order valence-electron chi connectivity index (χ2n) is 2.93. The first-order valence-electron chi connectivity index (χ1n) is 3.77. The molecule has 0 bridgehead atoms. The van der Waals surface area contributed by atoms with E-state index >= 15 is 0 Å². The summed E-state index contributed by atoms with van der Waals surface area (Å²) in [7, 11) is 1.79. The Morgan fingerprint density at radius 2 is 2.17 bits per heavy atom. The fraction of sp³-hybridized carbons (Fsp3) is 0.222. The lowest BCUT2D eigenvalue weighted by atomic mass is 10.1. The van der Waals surface area contributed by atoms with Crippen LogP contribution in [0.4, 0.5) is 4.39 Å². The molecule has 62 valence electrons. The van der Waals surface area contributed by atoms with Gasteiger partial charge in [-0.25, -0.2) is 4.39 Å². The van der Waals surface area contributed by atoms with Gasteiger partial charge in [0.15, 0.2) is 5.82 Å². The molecule has 0 radical (unpaired) electrons. The van der Waals surface area contributed by atoms with Gasteiger partial charge in [-0.3, -0.25) is 4.68 Å². The Morgan fingerprint density at radius 3 is 2.83 bits per heavy atom. The molecule has 1 aromatic heterocycles. The van der Waals surface area contributed by atoms with Crippen molar-refractivity contribution in [1.29, 1.82) is 0 Å². The zero-order chi connectivity index (χ0) is 8.72. The maximum atomic E-state index is 13.1. The molecule has 0 fully saturated rings. The second-order valence-corrected chi connectivity index (χ2v) is 2.93. The van der Waals surface area contributed by atoms with E-state index in [9.17, 15) is 4.39 Å². The molecule has 12 heavy (non-hydrogen) atoms. The maximum Gasteiger partial charge on any atom is 0.151 e. The number of fused-ring (bicyclic) bond motifs is 1. The van der Waals surface area contributed by atoms with E-state index in [1.807, 2.05) is 13.1 Å². The first-order valence-corrected chi connectivity index (χ1v) is 3.77. The lowest BCUT2D eigenvalue weighted by Crippen LogP contribution is -1.86. The van der Waals surface area contributed by atoms with Gasteiger partial charge in [0, 0.05) is 18.6 Å². The number of hydrogen-bond acceptors (Lipinski definition) is 1. The van der Waals surface area contributed by atoms with Crippen LogP contribution in [0.15, 0.2) is 18.3 Å². The molecule has 2 rings (SSSR count). The smallest absolute Gasteiger partial charge is 0.151 e. The van der Waals surface area contributed by atoms with Crippen LogP contribution in [0.25, 0.3) is 10.9 Å². The summed E-state index contributed by atoms with van der Waals surface area (Å²) in [5.41, 5.74) is 1.51. The topological polar surface area (TPSA) is 17.8 Å². The maximum absolute atomic E-state index is 13.1. The Labute approximate surface area is 69.6 Å². The molecule has 1 heterocycles. The van der Waals surface area contributed by atoms with E-state index in [-0.39, 0.29) is 5.82 Å². The molecular formula is C9H9FN2. The highest BCUT2D eigenvalue weighted by molar-refractivity contribution is 5.81. The molecule has 1 aromatic carbocycles. The summed E-state index contributed by atoms with van der Waals surface area (Å²) in [6.45, 7) is 1.95. The molecule has 2 aromatic rings. The predicted octanol–water partition coefficient (Wildman–Crippen LogP) is 2.02. The van der Waals surface area contributed by atoms with Gasteiger partial charge in [-0.1, -0.05) is 6.07 Å². The van der Waals surface area contributed by atoms with Crippen LogP contribution in [0.2, 0.25) is 0 Å². The van der Waals surface area contributed by atoms with Crippen molar-refractivity contribution in [3.63, 3.8) is 0 Å². The minimum absolute atomic E-state index is 0.254. The van der Waals surface area contributed by atoms with Crippen molar-refractivity contribution in [1.82, 2.24) is 9.78 Å². The summed E-state index contributed by atoms with van der Waals surface area (Å²) >= 11 is 0. The summed E-state index contributed by atoms with van der Waals surface area (Å²) in [5.74, 6) is -0.254. The van der Waals surface area contributed by atoms with Crippen LogP contribution in [0.5, 0.6) is 0 Å². The van der Waals surface area contributed by atoms with Crippen molar-refractivity contribution < 1.29 is 4.39 Å². The van der Waals surface area contributed by atoms with Crippen molar-refractivity contribution in [2.75, 3.05) is 0 Å². The van der Waals surface area contributed by atoms with Crippen LogP contribution in [0.3, 0.4) is 0 Å². The molecular weight excluding hydrogens is 155 g/mol. The van der Waals surface area contributed by atoms with Gasteiger partial charge in [0.1, 0.15) is 5.52 Å². The van der Waals surface area contributed by atoms with Gasteiger partial charge < -0.3 is 0 Å². The van der Waals surface area contributed by atoms with Crippen LogP contribution in [-0.2, 0) is 7.05 Å². The molecule has 0 aliphatic carbocycles. The molecule has 0 amide bonds. The number of aromatic nitrogens is 2. The Kier molecular flexibility index (Phi) is 1.40. The zero-order valence-electron chi connectivity index (χ0n) is 7.00. The Morgan fingerprint density at radius 1 is 1.42 bits per heavy atom. The Bertz CT molecular complexity index is 392. The molecule has 0 aliphatic rings. The SMILES string of the molecule is Cc1ccc(F)c2nn(C)cc12. The third-order valence-electron chi connectivity index (χ3n) is 1.96. The third kappa shape index (κ3) is 0.897. The number of benzene rings is 1. The number of halogens is 1. The van der Waals surface area contributed by atoms with Crippen molar-refractivity contribution in [3.8, 4) is 0 Å². The van der Waals surface area contributed by atoms with E-state index in [1.54, 1.807) is 17.8 Å². The highest BCUT2D eigenvalue weighted by Gasteiger charge is 2.05. The molecule has 0 saturated heterocycles. The third-order valence-corrected chi connectivity index (χ3v) is 1.96. The predicted molar refractivity (Wildman–Crippen MR) is 45.4 cm³/mol. The Hall–Kier alpha value is -1.38. The van der Waals surface area contributed by atoms with Gasteiger partial charge in [-0.15, -0.1) is 0 Å². The standard InChI is InChI=1S/C9H9FN2/c1-6-3-4-8(10)9-7(6)5-12(2)11-9/h3-5H,1-2H3. The lowest BCUT2D eigenvalue weighted by Gasteiger charge is -1.93. The first-order chi connectivity index (χ1) is 5.68. The van der Waals surface area contributed by atoms with Gasteiger partial charge in [0.2, 0.25) is 0 Å². The van der Waals surface area contributed by atoms with Crippen molar-refractivity contribution >= 4 is 10.9 Å². The largest absolute Gasteiger partial charge is 0.274 e. The summed E-state index contributed by atoms with van der Waals surface area (Å²) in [6.07, 6.45) is 1.83. The first kappa shape index (κ1) is 7.28. The summed E-state index contributed by atoms with van der Waals surface area (Å²) in [4.78, 5) is 0. The van der Waals surface area contributed by atoms with Gasteiger partial charge in [0.05, 0.1) is 0 Å². The second kappa shape index (κ2) is 2.30. The van der Waals surface area contributed by atoms with Gasteiger partial charge in [0.25, 0.3) is 0 Å². The summed E-state index contributed by atoms with van der Waals surface area (Å²) in [5, 5.41) is 4.90. The van der Waals surface area contributed by atoms with E-state index in [2.05, 4.69) is 5.10 Å². The molecule has 0 unspecified atom stereocenters. The number of rotatable bonds is 0. The number of aryl methyl sites for hydroxylation is 2. The highest BCUT2D eigenvalue weighted by atomic mass is 19.1. The normalized spacial score (nSPS) is 10.9. The van der Waals surface area contributed by atoms with Gasteiger partial charge >= 0.3 is 0 Å². The number of nitrogens with zero attached hydrogens (tertiary/aromatic N) is 2. The van der Waals surface area contributed by atoms with E-state index in [4.69, 9.17) is 0 Å². The highest BCUT2D eigenvalue weighted by Crippen LogP contribution is 2.18. The van der Waals surface area contributed by atoms with Crippen LogP contribution in [0.1, 0.15) is 5.56 Å². The molecule has 3 heteroatoms. The molecule has 0 N–H and O–H groups in total. The van der Waals surface area contributed by atoms with Crippen LogP contribution in [-0.4, -0.2) is 9.78 Å². The van der Waals surface area contributed by atoms with Crippen LogP contribution < -0.4 is 0 Å². The number of hydrogen-bond donors (Lipinski definition) is 0. The van der Waals surface area contributed by atoms with E-state index in [0.717, 1.165) is 10.9 Å². The van der Waals surface area contributed by atoms with Gasteiger partial charge in [-0.05, 0) is 18.6 Å². The molecule has 0 atom stereocenters. The van der Waals surface area contributed by atoms with E-state index in [1.165, 1.54) is 6.07 Å². The monoisotopic (exact) mass is 164 g/mol. The van der Waals surface area contributed by atoms with Crippen LogP contribution >= 0.6 is 0 Å². The average molecular weight is 164 g/mol. The molecule has 0 saturated carbocycles.